The summed E-state index contributed by atoms with van der Waals surface area (Å²) in [5.74, 6) is -1.34. The highest BCUT2D eigenvalue weighted by atomic mass is 16.5. The van der Waals surface area contributed by atoms with Gasteiger partial charge in [-0.2, -0.15) is 0 Å². The second-order valence-corrected chi connectivity index (χ2v) is 6.56. The lowest BCUT2D eigenvalue weighted by Gasteiger charge is -2.08. The number of benzene rings is 1. The number of fused-ring (bicyclic) bond motifs is 1. The lowest BCUT2D eigenvalue weighted by atomic mass is 10.0. The highest BCUT2D eigenvalue weighted by Gasteiger charge is 2.33. The number of ketones is 1. The molecule has 0 spiro atoms. The number of hydrogen-bond acceptors (Lipinski definition) is 6. The summed E-state index contributed by atoms with van der Waals surface area (Å²) in [6.07, 6.45) is 1.71. The Labute approximate surface area is 167 Å². The van der Waals surface area contributed by atoms with Gasteiger partial charge >= 0.3 is 11.9 Å². The summed E-state index contributed by atoms with van der Waals surface area (Å²) in [6, 6.07) is 8.37. The molecule has 1 aromatic carbocycles. The molecule has 2 heterocycles. The van der Waals surface area contributed by atoms with E-state index >= 15 is 0 Å². The fourth-order valence-corrected chi connectivity index (χ4v) is 3.46. The van der Waals surface area contributed by atoms with Crippen molar-refractivity contribution in [1.29, 1.82) is 0 Å². The minimum Gasteiger partial charge on any atom is -0.497 e. The Hall–Kier alpha value is -3.61. The standard InChI is InChI=1S/C22H21NO6/c1-12-10-13(2)18-16(21(25)28-4)17(22(26)29-5)19(23(18)11-12)20(24)14-6-8-15(27-3)9-7-14/h6-11H,1-5H3. The zero-order valence-corrected chi connectivity index (χ0v) is 16.9. The van der Waals surface area contributed by atoms with Gasteiger partial charge in [0, 0.05) is 11.8 Å². The van der Waals surface area contributed by atoms with Crippen LogP contribution in [0.15, 0.2) is 36.5 Å². The summed E-state index contributed by atoms with van der Waals surface area (Å²) in [4.78, 5) is 38.7. The molecule has 0 bridgehead atoms. The van der Waals surface area contributed by atoms with Crippen molar-refractivity contribution in [3.63, 3.8) is 0 Å². The number of carbonyl (C=O) groups excluding carboxylic acids is 3. The monoisotopic (exact) mass is 395 g/mol. The van der Waals surface area contributed by atoms with Crippen LogP contribution < -0.4 is 4.74 Å². The molecule has 0 saturated carbocycles. The first-order chi connectivity index (χ1) is 13.8. The second-order valence-electron chi connectivity index (χ2n) is 6.56. The Morgan fingerprint density at radius 3 is 2.00 bits per heavy atom. The van der Waals surface area contributed by atoms with Crippen LogP contribution in [0.5, 0.6) is 5.75 Å². The number of pyridine rings is 1. The third kappa shape index (κ3) is 3.35. The first-order valence-corrected chi connectivity index (χ1v) is 8.84. The van der Waals surface area contributed by atoms with Crippen molar-refractivity contribution in [2.24, 2.45) is 0 Å². The third-order valence-electron chi connectivity index (χ3n) is 4.70. The summed E-state index contributed by atoms with van der Waals surface area (Å²) in [5.41, 5.74) is 2.29. The molecule has 29 heavy (non-hydrogen) atoms. The molecule has 3 rings (SSSR count). The average Bonchev–Trinajstić information content (AvgIpc) is 3.07. The van der Waals surface area contributed by atoms with Gasteiger partial charge in [0.05, 0.1) is 26.8 Å². The number of esters is 2. The molecule has 0 atom stereocenters. The van der Waals surface area contributed by atoms with Gasteiger partial charge in [0.2, 0.25) is 5.78 Å². The summed E-state index contributed by atoms with van der Waals surface area (Å²) >= 11 is 0. The smallest absolute Gasteiger partial charge is 0.341 e. The maximum Gasteiger partial charge on any atom is 0.341 e. The number of nitrogens with zero attached hydrogens (tertiary/aromatic N) is 1. The van der Waals surface area contributed by atoms with Crippen LogP contribution in [-0.4, -0.2) is 43.5 Å². The largest absolute Gasteiger partial charge is 0.497 e. The van der Waals surface area contributed by atoms with Gasteiger partial charge in [0.25, 0.3) is 0 Å². The maximum atomic E-state index is 13.4. The van der Waals surface area contributed by atoms with Gasteiger partial charge in [0.15, 0.2) is 0 Å². The molecule has 0 radical (unpaired) electrons. The van der Waals surface area contributed by atoms with Gasteiger partial charge in [-0.05, 0) is 49.2 Å². The van der Waals surface area contributed by atoms with Crippen LogP contribution in [0.4, 0.5) is 0 Å². The molecule has 7 nitrogen and oxygen atoms in total. The van der Waals surface area contributed by atoms with E-state index in [0.717, 1.165) is 11.1 Å². The minimum atomic E-state index is -0.789. The van der Waals surface area contributed by atoms with Crippen LogP contribution in [0.3, 0.4) is 0 Å². The fraction of sp³-hybridized carbons (Fsp3) is 0.227. The molecule has 0 unspecified atom stereocenters. The maximum absolute atomic E-state index is 13.4. The molecular weight excluding hydrogens is 374 g/mol. The minimum absolute atomic E-state index is 0.00807. The fourth-order valence-electron chi connectivity index (χ4n) is 3.46. The Morgan fingerprint density at radius 1 is 0.862 bits per heavy atom. The van der Waals surface area contributed by atoms with E-state index in [1.807, 2.05) is 13.0 Å². The predicted molar refractivity (Wildman–Crippen MR) is 106 cm³/mol. The van der Waals surface area contributed by atoms with Crippen LogP contribution in [0.1, 0.15) is 47.9 Å². The first-order valence-electron chi connectivity index (χ1n) is 8.84. The summed E-state index contributed by atoms with van der Waals surface area (Å²) in [6.45, 7) is 3.67. The van der Waals surface area contributed by atoms with Gasteiger partial charge in [-0.3, -0.25) is 4.79 Å². The first kappa shape index (κ1) is 20.1. The highest BCUT2D eigenvalue weighted by Crippen LogP contribution is 2.31. The van der Waals surface area contributed by atoms with Crippen molar-refractivity contribution < 1.29 is 28.6 Å². The molecule has 0 amide bonds. The highest BCUT2D eigenvalue weighted by molar-refractivity contribution is 6.20. The van der Waals surface area contributed by atoms with Gasteiger partial charge < -0.3 is 18.6 Å². The van der Waals surface area contributed by atoms with Crippen LogP contribution in [0.25, 0.3) is 5.52 Å². The molecule has 7 heteroatoms. The van der Waals surface area contributed by atoms with Crippen molar-refractivity contribution in [3.8, 4) is 5.75 Å². The van der Waals surface area contributed by atoms with Crippen LogP contribution in [-0.2, 0) is 9.47 Å². The van der Waals surface area contributed by atoms with E-state index in [2.05, 4.69) is 0 Å². The van der Waals surface area contributed by atoms with Crippen molar-refractivity contribution >= 4 is 23.2 Å². The van der Waals surface area contributed by atoms with Gasteiger partial charge in [-0.15, -0.1) is 0 Å². The number of carbonyl (C=O) groups is 3. The molecule has 0 aliphatic carbocycles. The number of aryl methyl sites for hydroxylation is 2. The molecule has 3 aromatic rings. The van der Waals surface area contributed by atoms with E-state index in [9.17, 15) is 14.4 Å². The van der Waals surface area contributed by atoms with Crippen molar-refractivity contribution in [2.75, 3.05) is 21.3 Å². The summed E-state index contributed by atoms with van der Waals surface area (Å²) in [7, 11) is 3.95. The Balaban J connectivity index is 2.41. The van der Waals surface area contributed by atoms with Crippen LogP contribution in [0.2, 0.25) is 0 Å². The van der Waals surface area contributed by atoms with E-state index in [-0.39, 0.29) is 16.8 Å². The van der Waals surface area contributed by atoms with Crippen molar-refractivity contribution in [1.82, 2.24) is 4.40 Å². The lowest BCUT2D eigenvalue weighted by molar-refractivity contribution is 0.0556. The normalized spacial score (nSPS) is 10.7. The van der Waals surface area contributed by atoms with E-state index in [0.29, 0.717) is 16.8 Å². The van der Waals surface area contributed by atoms with E-state index in [4.69, 9.17) is 14.2 Å². The Morgan fingerprint density at radius 2 is 1.45 bits per heavy atom. The summed E-state index contributed by atoms with van der Waals surface area (Å²) in [5, 5.41) is 0. The molecule has 150 valence electrons. The Kier molecular flexibility index (Phi) is 5.41. The second kappa shape index (κ2) is 7.79. The van der Waals surface area contributed by atoms with Crippen molar-refractivity contribution in [2.45, 2.75) is 13.8 Å². The molecule has 0 aliphatic rings. The van der Waals surface area contributed by atoms with Gasteiger partial charge in [0.1, 0.15) is 22.6 Å². The molecule has 0 saturated heterocycles. The topological polar surface area (TPSA) is 83.3 Å². The van der Waals surface area contributed by atoms with Crippen LogP contribution >= 0.6 is 0 Å². The van der Waals surface area contributed by atoms with E-state index < -0.39 is 17.7 Å². The molecular formula is C22H21NO6. The van der Waals surface area contributed by atoms with Gasteiger partial charge in [-0.1, -0.05) is 6.07 Å². The van der Waals surface area contributed by atoms with Gasteiger partial charge in [-0.25, -0.2) is 9.59 Å². The van der Waals surface area contributed by atoms with E-state index in [1.54, 1.807) is 41.8 Å². The number of aromatic nitrogens is 1. The Bertz CT molecular complexity index is 1120. The average molecular weight is 395 g/mol. The molecule has 0 aliphatic heterocycles. The van der Waals surface area contributed by atoms with Crippen LogP contribution in [0, 0.1) is 13.8 Å². The van der Waals surface area contributed by atoms with Crippen molar-refractivity contribution in [3.05, 3.63) is 70.0 Å². The molecule has 0 N–H and O–H groups in total. The number of rotatable bonds is 5. The predicted octanol–water partition coefficient (Wildman–Crippen LogP) is 3.37. The molecule has 2 aromatic heterocycles. The van der Waals surface area contributed by atoms with E-state index in [1.165, 1.54) is 21.3 Å². The zero-order chi connectivity index (χ0) is 21.3. The number of methoxy groups -OCH3 is 3. The quantitative estimate of drug-likeness (QED) is 0.487. The lowest BCUT2D eigenvalue weighted by Crippen LogP contribution is -2.15. The number of hydrogen-bond donors (Lipinski definition) is 0. The molecule has 0 fully saturated rings. The third-order valence-corrected chi connectivity index (χ3v) is 4.70. The number of ether oxygens (including phenoxy) is 3. The zero-order valence-electron chi connectivity index (χ0n) is 16.9. The summed E-state index contributed by atoms with van der Waals surface area (Å²) < 4.78 is 16.5. The SMILES string of the molecule is COC(=O)c1c(C(=O)OC)c2c(C)cc(C)cn2c1C(=O)c1ccc(OC)cc1.